The topological polar surface area (TPSA) is 59.5 Å². The quantitative estimate of drug-likeness (QED) is 0.888. The van der Waals surface area contributed by atoms with Gasteiger partial charge >= 0.3 is 0 Å². The Bertz CT molecular complexity index is 381. The standard InChI is InChI=1S/C15H24N2O2/c1-2-17(11-14-4-3-9-19-14)15(18)13-7-5-12(10-16)6-8-13/h3-4,9,12-13H,2,5-8,10-11,16H2,1H3. The molecule has 1 aromatic rings. The normalized spacial score (nSPS) is 23.3. The van der Waals surface area contributed by atoms with Crippen molar-refractivity contribution in [3.05, 3.63) is 24.2 Å². The predicted molar refractivity (Wildman–Crippen MR) is 74.3 cm³/mol. The molecule has 0 saturated heterocycles. The van der Waals surface area contributed by atoms with Gasteiger partial charge in [-0.05, 0) is 57.2 Å². The molecule has 0 spiro atoms. The molecule has 19 heavy (non-hydrogen) atoms. The van der Waals surface area contributed by atoms with Crippen molar-refractivity contribution < 1.29 is 9.21 Å². The van der Waals surface area contributed by atoms with Crippen molar-refractivity contribution in [3.8, 4) is 0 Å². The van der Waals surface area contributed by atoms with E-state index in [1.807, 2.05) is 24.0 Å². The highest BCUT2D eigenvalue weighted by molar-refractivity contribution is 5.78. The van der Waals surface area contributed by atoms with Crippen LogP contribution >= 0.6 is 0 Å². The molecule has 1 heterocycles. The summed E-state index contributed by atoms with van der Waals surface area (Å²) in [6.07, 6.45) is 5.79. The van der Waals surface area contributed by atoms with Crippen LogP contribution in [-0.2, 0) is 11.3 Å². The monoisotopic (exact) mass is 264 g/mol. The van der Waals surface area contributed by atoms with Crippen LogP contribution in [0.3, 0.4) is 0 Å². The molecule has 4 nitrogen and oxygen atoms in total. The van der Waals surface area contributed by atoms with Gasteiger partial charge in [-0.2, -0.15) is 0 Å². The smallest absolute Gasteiger partial charge is 0.226 e. The molecule has 0 unspecified atom stereocenters. The summed E-state index contributed by atoms with van der Waals surface area (Å²) in [5.41, 5.74) is 5.69. The second-order valence-electron chi connectivity index (χ2n) is 5.39. The van der Waals surface area contributed by atoms with E-state index < -0.39 is 0 Å². The van der Waals surface area contributed by atoms with E-state index in [1.165, 1.54) is 0 Å². The van der Waals surface area contributed by atoms with Gasteiger partial charge in [-0.25, -0.2) is 0 Å². The van der Waals surface area contributed by atoms with Crippen LogP contribution in [0, 0.1) is 11.8 Å². The van der Waals surface area contributed by atoms with Crippen molar-refractivity contribution in [2.24, 2.45) is 17.6 Å². The minimum atomic E-state index is 0.178. The summed E-state index contributed by atoms with van der Waals surface area (Å²) >= 11 is 0. The Kier molecular flexibility index (Phi) is 5.02. The van der Waals surface area contributed by atoms with Gasteiger partial charge < -0.3 is 15.1 Å². The van der Waals surface area contributed by atoms with Gasteiger partial charge in [0.25, 0.3) is 0 Å². The van der Waals surface area contributed by atoms with E-state index in [4.69, 9.17) is 10.2 Å². The lowest BCUT2D eigenvalue weighted by Gasteiger charge is -2.31. The molecule has 1 amide bonds. The second kappa shape index (κ2) is 6.75. The van der Waals surface area contributed by atoms with Crippen molar-refractivity contribution in [2.45, 2.75) is 39.2 Å². The Morgan fingerprint density at radius 1 is 1.42 bits per heavy atom. The molecule has 1 aliphatic carbocycles. The molecule has 0 radical (unpaired) electrons. The lowest BCUT2D eigenvalue weighted by molar-refractivity contribution is -0.137. The fourth-order valence-corrected chi connectivity index (χ4v) is 2.84. The SMILES string of the molecule is CCN(Cc1ccco1)C(=O)C1CCC(CN)CC1. The first kappa shape index (κ1) is 14.1. The van der Waals surface area contributed by atoms with Gasteiger partial charge in [0.2, 0.25) is 5.91 Å². The third-order valence-corrected chi connectivity index (χ3v) is 4.15. The van der Waals surface area contributed by atoms with Gasteiger partial charge in [-0.15, -0.1) is 0 Å². The number of carbonyl (C=O) groups is 1. The molecule has 1 aliphatic rings. The second-order valence-corrected chi connectivity index (χ2v) is 5.39. The van der Waals surface area contributed by atoms with Crippen LogP contribution < -0.4 is 5.73 Å². The van der Waals surface area contributed by atoms with Gasteiger partial charge in [0.05, 0.1) is 12.8 Å². The number of carbonyl (C=O) groups excluding carboxylic acids is 1. The van der Waals surface area contributed by atoms with Gasteiger partial charge in [0, 0.05) is 12.5 Å². The minimum Gasteiger partial charge on any atom is -0.467 e. The van der Waals surface area contributed by atoms with Crippen molar-refractivity contribution in [1.29, 1.82) is 0 Å². The molecule has 1 fully saturated rings. The maximum absolute atomic E-state index is 12.5. The summed E-state index contributed by atoms with van der Waals surface area (Å²) in [5, 5.41) is 0. The zero-order valence-corrected chi connectivity index (χ0v) is 11.7. The molecular formula is C15H24N2O2. The Labute approximate surface area is 114 Å². The largest absolute Gasteiger partial charge is 0.467 e. The third-order valence-electron chi connectivity index (χ3n) is 4.15. The van der Waals surface area contributed by atoms with Crippen molar-refractivity contribution in [3.63, 3.8) is 0 Å². The number of nitrogens with zero attached hydrogens (tertiary/aromatic N) is 1. The summed E-state index contributed by atoms with van der Waals surface area (Å²) in [4.78, 5) is 14.4. The lowest BCUT2D eigenvalue weighted by Crippen LogP contribution is -2.37. The molecule has 0 aliphatic heterocycles. The summed E-state index contributed by atoms with van der Waals surface area (Å²) in [7, 11) is 0. The molecule has 4 heteroatoms. The number of hydrogen-bond acceptors (Lipinski definition) is 3. The zero-order valence-electron chi connectivity index (χ0n) is 11.7. The van der Waals surface area contributed by atoms with E-state index in [2.05, 4.69) is 0 Å². The molecular weight excluding hydrogens is 240 g/mol. The van der Waals surface area contributed by atoms with Crippen LogP contribution in [0.15, 0.2) is 22.8 Å². The zero-order chi connectivity index (χ0) is 13.7. The maximum atomic E-state index is 12.5. The summed E-state index contributed by atoms with van der Waals surface area (Å²) in [6, 6.07) is 3.78. The summed E-state index contributed by atoms with van der Waals surface area (Å²) in [5.74, 6) is 1.92. The summed E-state index contributed by atoms with van der Waals surface area (Å²) < 4.78 is 5.33. The minimum absolute atomic E-state index is 0.178. The first-order valence-corrected chi connectivity index (χ1v) is 7.25. The van der Waals surface area contributed by atoms with Gasteiger partial charge in [-0.3, -0.25) is 4.79 Å². The molecule has 2 rings (SSSR count). The molecule has 106 valence electrons. The van der Waals surface area contributed by atoms with E-state index in [0.717, 1.165) is 44.5 Å². The van der Waals surface area contributed by atoms with Crippen molar-refractivity contribution >= 4 is 5.91 Å². The first-order valence-electron chi connectivity index (χ1n) is 7.25. The average molecular weight is 264 g/mol. The highest BCUT2D eigenvalue weighted by atomic mass is 16.3. The Morgan fingerprint density at radius 2 is 2.16 bits per heavy atom. The van der Waals surface area contributed by atoms with E-state index in [9.17, 15) is 4.79 Å². The van der Waals surface area contributed by atoms with Crippen LogP contribution in [-0.4, -0.2) is 23.9 Å². The molecule has 0 aromatic carbocycles. The van der Waals surface area contributed by atoms with Crippen LogP contribution in [0.5, 0.6) is 0 Å². The van der Waals surface area contributed by atoms with Crippen LogP contribution in [0.25, 0.3) is 0 Å². The van der Waals surface area contributed by atoms with Gasteiger partial charge in [-0.1, -0.05) is 0 Å². The number of rotatable bonds is 5. The van der Waals surface area contributed by atoms with Gasteiger partial charge in [0.15, 0.2) is 0 Å². The van der Waals surface area contributed by atoms with Gasteiger partial charge in [0.1, 0.15) is 5.76 Å². The van der Waals surface area contributed by atoms with Crippen LogP contribution in [0.1, 0.15) is 38.4 Å². The number of hydrogen-bond donors (Lipinski definition) is 1. The summed E-state index contributed by atoms with van der Waals surface area (Å²) in [6.45, 7) is 4.09. The number of amides is 1. The number of furan rings is 1. The van der Waals surface area contributed by atoms with E-state index in [1.54, 1.807) is 6.26 Å². The lowest BCUT2D eigenvalue weighted by atomic mass is 9.81. The number of nitrogens with two attached hydrogens (primary N) is 1. The van der Waals surface area contributed by atoms with Crippen molar-refractivity contribution in [2.75, 3.05) is 13.1 Å². The van der Waals surface area contributed by atoms with E-state index >= 15 is 0 Å². The maximum Gasteiger partial charge on any atom is 0.226 e. The van der Waals surface area contributed by atoms with Crippen LogP contribution in [0.4, 0.5) is 0 Å². The first-order chi connectivity index (χ1) is 9.24. The molecule has 1 saturated carbocycles. The average Bonchev–Trinajstić information content (AvgIpc) is 2.97. The molecule has 2 N–H and O–H groups in total. The van der Waals surface area contributed by atoms with Crippen molar-refractivity contribution in [1.82, 2.24) is 4.90 Å². The highest BCUT2D eigenvalue weighted by Crippen LogP contribution is 2.29. The highest BCUT2D eigenvalue weighted by Gasteiger charge is 2.28. The molecule has 0 atom stereocenters. The van der Waals surface area contributed by atoms with E-state index in [-0.39, 0.29) is 11.8 Å². The molecule has 0 bridgehead atoms. The van der Waals surface area contributed by atoms with E-state index in [0.29, 0.717) is 12.5 Å². The predicted octanol–water partition coefficient (Wildman–Crippen LogP) is 2.39. The fraction of sp³-hybridized carbons (Fsp3) is 0.667. The Morgan fingerprint density at radius 3 is 2.68 bits per heavy atom. The Balaban J connectivity index is 1.90. The fourth-order valence-electron chi connectivity index (χ4n) is 2.84. The van der Waals surface area contributed by atoms with Crippen LogP contribution in [0.2, 0.25) is 0 Å². The molecule has 1 aromatic heterocycles. The third kappa shape index (κ3) is 3.60. The Hall–Kier alpha value is -1.29.